The third kappa shape index (κ3) is 4.74. The van der Waals surface area contributed by atoms with Crippen molar-refractivity contribution in [1.82, 2.24) is 14.9 Å². The Morgan fingerprint density at radius 1 is 1.22 bits per heavy atom. The minimum absolute atomic E-state index is 0. The van der Waals surface area contributed by atoms with Crippen LogP contribution in [0.3, 0.4) is 0 Å². The van der Waals surface area contributed by atoms with Crippen molar-refractivity contribution < 1.29 is 9.59 Å². The molecule has 7 nitrogen and oxygen atoms in total. The van der Waals surface area contributed by atoms with Crippen LogP contribution < -0.4 is 11.1 Å². The predicted octanol–water partition coefficient (Wildman–Crippen LogP) is 2.62. The minimum Gasteiger partial charge on any atom is -0.337 e. The molecule has 1 aromatic carbocycles. The summed E-state index contributed by atoms with van der Waals surface area (Å²) in [7, 11) is 0. The van der Waals surface area contributed by atoms with Crippen LogP contribution in [0.1, 0.15) is 34.3 Å². The first-order valence-electron chi connectivity index (χ1n) is 8.29. The van der Waals surface area contributed by atoms with Crippen LogP contribution in [0.25, 0.3) is 0 Å². The van der Waals surface area contributed by atoms with Gasteiger partial charge in [-0.3, -0.25) is 9.59 Å². The van der Waals surface area contributed by atoms with Gasteiger partial charge in [-0.2, -0.15) is 0 Å². The SMILES string of the molecule is CC1(CN)CCN(C(=O)c2nccnc2C(=O)Nc2ccc(Cl)cc2)C1.Cl. The lowest BCUT2D eigenvalue weighted by Crippen LogP contribution is -2.36. The zero-order chi connectivity index (χ0) is 18.7. The molecule has 0 aliphatic carbocycles. The summed E-state index contributed by atoms with van der Waals surface area (Å²) >= 11 is 5.85. The van der Waals surface area contributed by atoms with E-state index in [-0.39, 0.29) is 35.1 Å². The molecule has 2 aromatic rings. The Hall–Kier alpha value is -2.22. The fraction of sp³-hybridized carbons (Fsp3) is 0.333. The number of halogens is 2. The molecule has 3 rings (SSSR count). The van der Waals surface area contributed by atoms with E-state index in [1.807, 2.05) is 6.92 Å². The maximum atomic E-state index is 12.9. The first-order chi connectivity index (χ1) is 12.4. The van der Waals surface area contributed by atoms with E-state index >= 15 is 0 Å². The van der Waals surface area contributed by atoms with E-state index in [1.54, 1.807) is 29.2 Å². The van der Waals surface area contributed by atoms with Gasteiger partial charge in [-0.05, 0) is 42.6 Å². The van der Waals surface area contributed by atoms with Crippen molar-refractivity contribution >= 4 is 41.5 Å². The predicted molar refractivity (Wildman–Crippen MR) is 106 cm³/mol. The Morgan fingerprint density at radius 3 is 2.44 bits per heavy atom. The van der Waals surface area contributed by atoms with Crippen molar-refractivity contribution in [3.63, 3.8) is 0 Å². The van der Waals surface area contributed by atoms with Gasteiger partial charge < -0.3 is 16.0 Å². The molecule has 0 saturated carbocycles. The summed E-state index contributed by atoms with van der Waals surface area (Å²) in [6.07, 6.45) is 3.62. The van der Waals surface area contributed by atoms with Crippen molar-refractivity contribution in [3.05, 3.63) is 53.1 Å². The Bertz CT molecular complexity index is 831. The number of carbonyl (C=O) groups excluding carboxylic acids is 2. The first kappa shape index (κ1) is 21.1. The maximum absolute atomic E-state index is 12.9. The average Bonchev–Trinajstić information content (AvgIpc) is 3.06. The molecular formula is C18H21Cl2N5O2. The second-order valence-electron chi connectivity index (χ2n) is 6.71. The topological polar surface area (TPSA) is 101 Å². The van der Waals surface area contributed by atoms with E-state index in [9.17, 15) is 9.59 Å². The molecule has 3 N–H and O–H groups in total. The molecule has 9 heteroatoms. The van der Waals surface area contributed by atoms with Crippen molar-refractivity contribution in [2.75, 3.05) is 25.0 Å². The highest BCUT2D eigenvalue weighted by atomic mass is 35.5. The number of likely N-dealkylation sites (tertiary alicyclic amines) is 1. The number of rotatable bonds is 4. The number of nitrogens with one attached hydrogen (secondary N) is 1. The molecule has 0 spiro atoms. The Kier molecular flexibility index (Phi) is 6.75. The van der Waals surface area contributed by atoms with Gasteiger partial charge in [-0.15, -0.1) is 12.4 Å². The number of hydrogen-bond donors (Lipinski definition) is 2. The molecule has 144 valence electrons. The molecule has 0 radical (unpaired) electrons. The molecule has 1 aliphatic rings. The minimum atomic E-state index is -0.496. The summed E-state index contributed by atoms with van der Waals surface area (Å²) in [5, 5.41) is 3.27. The van der Waals surface area contributed by atoms with E-state index in [2.05, 4.69) is 15.3 Å². The third-order valence-corrected chi connectivity index (χ3v) is 4.81. The van der Waals surface area contributed by atoms with E-state index in [0.717, 1.165) is 6.42 Å². The largest absolute Gasteiger partial charge is 0.337 e. The highest BCUT2D eigenvalue weighted by molar-refractivity contribution is 6.30. The smallest absolute Gasteiger partial charge is 0.276 e. The highest BCUT2D eigenvalue weighted by Crippen LogP contribution is 2.29. The normalized spacial score (nSPS) is 18.7. The van der Waals surface area contributed by atoms with Gasteiger partial charge in [0, 0.05) is 36.2 Å². The number of benzene rings is 1. The lowest BCUT2D eigenvalue weighted by Gasteiger charge is -2.22. The average molecular weight is 410 g/mol. The van der Waals surface area contributed by atoms with Gasteiger partial charge in [0.25, 0.3) is 11.8 Å². The molecular weight excluding hydrogens is 389 g/mol. The summed E-state index contributed by atoms with van der Waals surface area (Å²) in [6.45, 7) is 3.67. The van der Waals surface area contributed by atoms with E-state index in [0.29, 0.717) is 30.3 Å². The maximum Gasteiger partial charge on any atom is 0.276 e. The molecule has 1 aliphatic heterocycles. The van der Waals surface area contributed by atoms with Crippen molar-refractivity contribution in [2.45, 2.75) is 13.3 Å². The summed E-state index contributed by atoms with van der Waals surface area (Å²) < 4.78 is 0. The van der Waals surface area contributed by atoms with Gasteiger partial charge in [0.1, 0.15) is 0 Å². The number of hydrogen-bond acceptors (Lipinski definition) is 5. The van der Waals surface area contributed by atoms with Crippen LogP contribution in [-0.2, 0) is 0 Å². The van der Waals surface area contributed by atoms with Gasteiger partial charge in [-0.25, -0.2) is 9.97 Å². The van der Waals surface area contributed by atoms with Crippen LogP contribution in [0.15, 0.2) is 36.7 Å². The molecule has 2 amide bonds. The van der Waals surface area contributed by atoms with Crippen LogP contribution in [-0.4, -0.2) is 46.3 Å². The number of aromatic nitrogens is 2. The van der Waals surface area contributed by atoms with E-state index in [4.69, 9.17) is 17.3 Å². The number of anilines is 1. The number of nitrogens with zero attached hydrogens (tertiary/aromatic N) is 3. The van der Waals surface area contributed by atoms with E-state index in [1.165, 1.54) is 12.4 Å². The van der Waals surface area contributed by atoms with Gasteiger partial charge in [-0.1, -0.05) is 18.5 Å². The lowest BCUT2D eigenvalue weighted by atomic mass is 9.90. The van der Waals surface area contributed by atoms with E-state index < -0.39 is 5.91 Å². The highest BCUT2D eigenvalue weighted by Gasteiger charge is 2.36. The van der Waals surface area contributed by atoms with Gasteiger partial charge >= 0.3 is 0 Å². The summed E-state index contributed by atoms with van der Waals surface area (Å²) in [4.78, 5) is 35.3. The molecule has 1 aromatic heterocycles. The second kappa shape index (κ2) is 8.65. The molecule has 1 fully saturated rings. The molecule has 0 bridgehead atoms. The van der Waals surface area contributed by atoms with Crippen LogP contribution in [0, 0.1) is 5.41 Å². The van der Waals surface area contributed by atoms with Crippen LogP contribution in [0.5, 0.6) is 0 Å². The number of nitrogens with two attached hydrogens (primary N) is 1. The molecule has 1 unspecified atom stereocenters. The fourth-order valence-corrected chi connectivity index (χ4v) is 3.02. The van der Waals surface area contributed by atoms with Crippen LogP contribution >= 0.6 is 24.0 Å². The number of carbonyl (C=O) groups is 2. The number of amides is 2. The monoisotopic (exact) mass is 409 g/mol. The van der Waals surface area contributed by atoms with Gasteiger partial charge in [0.15, 0.2) is 11.4 Å². The zero-order valence-corrected chi connectivity index (χ0v) is 16.4. The molecule has 1 saturated heterocycles. The lowest BCUT2D eigenvalue weighted by molar-refractivity contribution is 0.0765. The quantitative estimate of drug-likeness (QED) is 0.807. The van der Waals surface area contributed by atoms with Crippen LogP contribution in [0.4, 0.5) is 5.69 Å². The van der Waals surface area contributed by atoms with Crippen molar-refractivity contribution in [2.24, 2.45) is 11.1 Å². The molecule has 27 heavy (non-hydrogen) atoms. The Labute approximate surface area is 168 Å². The summed E-state index contributed by atoms with van der Waals surface area (Å²) in [5.74, 6) is -0.805. The molecule has 2 heterocycles. The zero-order valence-electron chi connectivity index (χ0n) is 14.8. The fourth-order valence-electron chi connectivity index (χ4n) is 2.90. The summed E-state index contributed by atoms with van der Waals surface area (Å²) in [6, 6.07) is 6.67. The van der Waals surface area contributed by atoms with Crippen LogP contribution in [0.2, 0.25) is 5.02 Å². The first-order valence-corrected chi connectivity index (χ1v) is 8.67. The van der Waals surface area contributed by atoms with Crippen molar-refractivity contribution in [3.8, 4) is 0 Å². The molecule has 1 atom stereocenters. The summed E-state index contributed by atoms with van der Waals surface area (Å²) in [5.41, 5.74) is 6.29. The van der Waals surface area contributed by atoms with Gasteiger partial charge in [0.05, 0.1) is 0 Å². The standard InChI is InChI=1S/C18H20ClN5O2.ClH/c1-18(10-20)6-9-24(11-18)17(26)15-14(21-7-8-22-15)16(25)23-13-4-2-12(19)3-5-13;/h2-5,7-8H,6,9-11,20H2,1H3,(H,23,25);1H. The van der Waals surface area contributed by atoms with Crippen molar-refractivity contribution in [1.29, 1.82) is 0 Å². The third-order valence-electron chi connectivity index (χ3n) is 4.56. The Morgan fingerprint density at radius 2 is 1.85 bits per heavy atom. The second-order valence-corrected chi connectivity index (χ2v) is 7.14. The Balaban J connectivity index is 0.00000261. The van der Waals surface area contributed by atoms with Gasteiger partial charge in [0.2, 0.25) is 0 Å².